The largest absolute Gasteiger partial charge is 0.480 e. The van der Waals surface area contributed by atoms with Crippen LogP contribution in [0.15, 0.2) is 42.5 Å². The molecule has 3 unspecified atom stereocenters. The molecule has 262 valence electrons. The third-order valence-corrected chi connectivity index (χ3v) is 11.0. The molecule has 2 aromatic carbocycles. The summed E-state index contributed by atoms with van der Waals surface area (Å²) in [5, 5.41) is 10.8. The van der Waals surface area contributed by atoms with Gasteiger partial charge in [-0.1, -0.05) is 39.0 Å². The number of carboxylic acid groups (broad SMARTS) is 1. The van der Waals surface area contributed by atoms with Crippen molar-refractivity contribution >= 4 is 54.5 Å². The molecular weight excluding hydrogens is 690 g/mol. The zero-order chi connectivity index (χ0) is 31.5. The van der Waals surface area contributed by atoms with Crippen molar-refractivity contribution < 1.29 is 23.1 Å². The first-order valence-electron chi connectivity index (χ1n) is 15.9. The first kappa shape index (κ1) is 41.3. The van der Waals surface area contributed by atoms with Gasteiger partial charge in [-0.25, -0.2) is 18.2 Å². The molecule has 0 spiro atoms. The number of rotatable bonds is 11. The van der Waals surface area contributed by atoms with Crippen LogP contribution in [0.4, 0.5) is 13.2 Å². The number of halogens is 6. The van der Waals surface area contributed by atoms with Gasteiger partial charge in [0.15, 0.2) is 0 Å². The van der Waals surface area contributed by atoms with E-state index in [2.05, 4.69) is 11.8 Å². The highest BCUT2D eigenvalue weighted by atomic mass is 35.5. The quantitative estimate of drug-likeness (QED) is 0.214. The number of aromatic nitrogens is 1. The summed E-state index contributed by atoms with van der Waals surface area (Å²) < 4.78 is 42.0. The number of carbonyl (C=O) groups is 1. The first-order chi connectivity index (χ1) is 21.0. The monoisotopic (exact) mass is 735 g/mol. The maximum absolute atomic E-state index is 14.3. The normalized spacial score (nSPS) is 20.8. The second-order valence-electron chi connectivity index (χ2n) is 13.0. The summed E-state index contributed by atoms with van der Waals surface area (Å²) >= 11 is 1.66. The lowest BCUT2D eigenvalue weighted by atomic mass is 9.87. The third-order valence-electron chi connectivity index (χ3n) is 9.76. The van der Waals surface area contributed by atoms with Crippen LogP contribution in [-0.2, 0) is 17.6 Å². The van der Waals surface area contributed by atoms with Gasteiger partial charge in [-0.05, 0) is 105 Å². The topological polar surface area (TPSA) is 56.7 Å². The number of hydrogen-bond acceptors (Lipinski definition) is 5. The number of hydrogen-bond donors (Lipinski definition) is 1. The maximum atomic E-state index is 14.3. The molecule has 2 aliphatic rings. The van der Waals surface area contributed by atoms with E-state index in [1.807, 2.05) is 31.9 Å². The molecule has 47 heavy (non-hydrogen) atoms. The van der Waals surface area contributed by atoms with Crippen LogP contribution in [0, 0.1) is 29.3 Å². The fourth-order valence-corrected chi connectivity index (χ4v) is 8.88. The summed E-state index contributed by atoms with van der Waals surface area (Å²) in [6.45, 7) is 8.80. The summed E-state index contributed by atoms with van der Waals surface area (Å²) in [6, 6.07) is 10.2. The standard InChI is InChI=1S/C35H44F3N3O2S.3ClH/c1-5-31-34(44-32(39-31)17-24-9-10-27(37)18-30(24)38)22-11-13-41(14-12-22)20-25-16-28(40(4)33(21(2)3)35(42)43)19-29(25)23-7-6-8-26(36)15-23;;;/h6-10,15,18,21-22,25,28-29,33H,5,11-14,16-17,19-20H2,1-4H3,(H,42,43);3*1H/t25?,28?,29?,33-;;;/m1.../s1. The summed E-state index contributed by atoms with van der Waals surface area (Å²) in [5.74, 6) is -1.29. The van der Waals surface area contributed by atoms with Crippen molar-refractivity contribution in [1.29, 1.82) is 0 Å². The molecule has 1 saturated carbocycles. The Hall–Kier alpha value is -1.88. The molecule has 3 aromatic rings. The molecule has 5 nitrogen and oxygen atoms in total. The van der Waals surface area contributed by atoms with Crippen molar-refractivity contribution in [3.8, 4) is 0 Å². The molecule has 12 heteroatoms. The van der Waals surface area contributed by atoms with Crippen LogP contribution in [0.25, 0.3) is 0 Å². The summed E-state index contributed by atoms with van der Waals surface area (Å²) in [4.78, 5) is 22.8. The lowest BCUT2D eigenvalue weighted by molar-refractivity contribution is -0.145. The van der Waals surface area contributed by atoms with Crippen LogP contribution in [0.3, 0.4) is 0 Å². The van der Waals surface area contributed by atoms with Crippen LogP contribution in [0.2, 0.25) is 0 Å². The van der Waals surface area contributed by atoms with Gasteiger partial charge in [-0.15, -0.1) is 48.6 Å². The lowest BCUT2D eigenvalue weighted by Crippen LogP contribution is -2.47. The van der Waals surface area contributed by atoms with Crippen LogP contribution < -0.4 is 0 Å². The van der Waals surface area contributed by atoms with Crippen molar-refractivity contribution in [2.24, 2.45) is 11.8 Å². The van der Waals surface area contributed by atoms with Crippen LogP contribution in [-0.4, -0.2) is 64.6 Å². The van der Waals surface area contributed by atoms with Crippen molar-refractivity contribution in [2.45, 2.75) is 83.2 Å². The molecule has 2 fully saturated rings. The molecule has 1 aliphatic heterocycles. The smallest absolute Gasteiger partial charge is 0.321 e. The number of benzene rings is 2. The van der Waals surface area contributed by atoms with Gasteiger partial charge >= 0.3 is 5.97 Å². The van der Waals surface area contributed by atoms with Crippen molar-refractivity contribution in [1.82, 2.24) is 14.8 Å². The highest BCUT2D eigenvalue weighted by Gasteiger charge is 2.42. The Morgan fingerprint density at radius 1 is 1.04 bits per heavy atom. The number of piperidine rings is 1. The molecule has 1 N–H and O–H groups in total. The van der Waals surface area contributed by atoms with Gasteiger partial charge in [0, 0.05) is 30.0 Å². The molecule has 0 radical (unpaired) electrons. The highest BCUT2D eigenvalue weighted by Crippen LogP contribution is 2.44. The number of aryl methyl sites for hydroxylation is 1. The van der Waals surface area contributed by atoms with Gasteiger partial charge < -0.3 is 10.0 Å². The Morgan fingerprint density at radius 3 is 2.32 bits per heavy atom. The molecule has 1 aliphatic carbocycles. The Labute approximate surface area is 299 Å². The first-order valence-corrected chi connectivity index (χ1v) is 16.7. The van der Waals surface area contributed by atoms with E-state index in [4.69, 9.17) is 4.98 Å². The lowest BCUT2D eigenvalue weighted by Gasteiger charge is -2.35. The van der Waals surface area contributed by atoms with Gasteiger partial charge in [-0.2, -0.15) is 0 Å². The fourth-order valence-electron chi connectivity index (χ4n) is 7.53. The molecule has 5 rings (SSSR count). The van der Waals surface area contributed by atoms with E-state index in [1.165, 1.54) is 23.1 Å². The van der Waals surface area contributed by atoms with Gasteiger partial charge in [0.1, 0.15) is 23.5 Å². The van der Waals surface area contributed by atoms with Gasteiger partial charge in [0.05, 0.1) is 10.7 Å². The predicted molar refractivity (Wildman–Crippen MR) is 190 cm³/mol. The molecule has 0 amide bonds. The Morgan fingerprint density at radius 2 is 1.72 bits per heavy atom. The minimum Gasteiger partial charge on any atom is -0.480 e. The average Bonchev–Trinajstić information content (AvgIpc) is 3.59. The summed E-state index contributed by atoms with van der Waals surface area (Å²) in [7, 11) is 1.93. The fraction of sp³-hybridized carbons (Fsp3) is 0.543. The van der Waals surface area contributed by atoms with Crippen LogP contribution in [0.5, 0.6) is 0 Å². The Balaban J connectivity index is 0.00000256. The van der Waals surface area contributed by atoms with E-state index >= 15 is 0 Å². The number of thiazole rings is 1. The van der Waals surface area contributed by atoms with Crippen molar-refractivity contribution in [2.75, 3.05) is 26.7 Å². The average molecular weight is 737 g/mol. The summed E-state index contributed by atoms with van der Waals surface area (Å²) in [5.41, 5.74) is 2.54. The minimum atomic E-state index is -0.796. The highest BCUT2D eigenvalue weighted by molar-refractivity contribution is 7.11. The zero-order valence-electron chi connectivity index (χ0n) is 27.3. The minimum absolute atomic E-state index is 0. The van der Waals surface area contributed by atoms with Crippen molar-refractivity contribution in [3.63, 3.8) is 0 Å². The second kappa shape index (κ2) is 18.2. The number of aliphatic carboxylic acids is 1. The van der Waals surface area contributed by atoms with E-state index in [-0.39, 0.29) is 60.9 Å². The molecule has 0 bridgehead atoms. The van der Waals surface area contributed by atoms with E-state index < -0.39 is 23.6 Å². The van der Waals surface area contributed by atoms with Crippen LogP contribution in [0.1, 0.15) is 85.0 Å². The van der Waals surface area contributed by atoms with E-state index in [0.29, 0.717) is 23.8 Å². The van der Waals surface area contributed by atoms with Crippen molar-refractivity contribution in [3.05, 3.63) is 86.6 Å². The number of carboxylic acids is 1. The van der Waals surface area contributed by atoms with Gasteiger partial charge in [0.2, 0.25) is 0 Å². The molecular formula is C35H47Cl3F3N3O2S. The molecule has 1 aromatic heterocycles. The number of likely N-dealkylation sites (N-methyl/N-ethyl adjacent to an activating group) is 1. The molecule has 2 heterocycles. The maximum Gasteiger partial charge on any atom is 0.321 e. The third kappa shape index (κ3) is 9.86. The predicted octanol–water partition coefficient (Wildman–Crippen LogP) is 8.76. The molecule has 4 atom stereocenters. The van der Waals surface area contributed by atoms with E-state index in [9.17, 15) is 23.1 Å². The SMILES string of the molecule is CCc1nc(Cc2ccc(F)cc2F)sc1C1CCN(CC2CC(N(C)[C@@H](C(=O)O)C(C)C)CC2c2cccc(F)c2)CC1.Cl.Cl.Cl. The summed E-state index contributed by atoms with van der Waals surface area (Å²) in [6.07, 6.45) is 4.89. The van der Waals surface area contributed by atoms with Crippen LogP contribution >= 0.6 is 48.6 Å². The molecule has 1 saturated heterocycles. The number of likely N-dealkylation sites (tertiary alicyclic amines) is 1. The second-order valence-corrected chi connectivity index (χ2v) is 14.1. The van der Waals surface area contributed by atoms with Gasteiger partial charge in [0.25, 0.3) is 0 Å². The Bertz CT molecular complexity index is 1450. The van der Waals surface area contributed by atoms with E-state index in [1.54, 1.807) is 23.5 Å². The number of nitrogens with zero attached hydrogens (tertiary/aromatic N) is 3. The van der Waals surface area contributed by atoms with Gasteiger partial charge in [-0.3, -0.25) is 9.69 Å². The zero-order valence-corrected chi connectivity index (χ0v) is 30.6. The van der Waals surface area contributed by atoms with E-state index in [0.717, 1.165) is 74.1 Å². The Kier molecular flexibility index (Phi) is 16.0.